The smallest absolute Gasteiger partial charge is 0.266 e. The van der Waals surface area contributed by atoms with Gasteiger partial charge in [-0.25, -0.2) is 10.9 Å². The van der Waals surface area contributed by atoms with E-state index in [4.69, 9.17) is 15.0 Å². The molecule has 0 radical (unpaired) electrons. The minimum atomic E-state index is -0.746. The number of amides is 3. The van der Waals surface area contributed by atoms with E-state index in [-0.39, 0.29) is 25.3 Å². The molecule has 1 aromatic heterocycles. The van der Waals surface area contributed by atoms with E-state index in [9.17, 15) is 14.4 Å². The van der Waals surface area contributed by atoms with E-state index in [1.54, 1.807) is 18.4 Å². The van der Waals surface area contributed by atoms with E-state index in [1.807, 2.05) is 30.3 Å². The highest BCUT2D eigenvalue weighted by molar-refractivity contribution is 6.05. The Kier molecular flexibility index (Phi) is 4.29. The molecule has 8 nitrogen and oxygen atoms in total. The highest BCUT2D eigenvalue weighted by atomic mass is 16.5. The van der Waals surface area contributed by atoms with Crippen molar-refractivity contribution in [1.29, 1.82) is 0 Å². The minimum Gasteiger partial charge on any atom is -0.489 e. The number of piperidine rings is 1. The zero-order chi connectivity index (χ0) is 20.8. The fraction of sp³-hybridized carbons (Fsp3) is 0.227. The molecule has 152 valence electrons. The van der Waals surface area contributed by atoms with Gasteiger partial charge in [0.15, 0.2) is 0 Å². The molecule has 2 aromatic carbocycles. The fourth-order valence-electron chi connectivity index (χ4n) is 4.06. The van der Waals surface area contributed by atoms with Crippen molar-refractivity contribution in [2.24, 2.45) is 5.84 Å². The summed E-state index contributed by atoms with van der Waals surface area (Å²) in [6.45, 7) is 0.572. The Morgan fingerprint density at radius 3 is 2.87 bits per heavy atom. The number of rotatable bonds is 4. The van der Waals surface area contributed by atoms with Crippen LogP contribution in [0, 0.1) is 0 Å². The van der Waals surface area contributed by atoms with Gasteiger partial charge in [-0.15, -0.1) is 0 Å². The molecular formula is C22H19N3O5. The molecule has 30 heavy (non-hydrogen) atoms. The largest absolute Gasteiger partial charge is 0.489 e. The van der Waals surface area contributed by atoms with Crippen molar-refractivity contribution >= 4 is 28.7 Å². The Labute approximate surface area is 171 Å². The molecule has 1 atom stereocenters. The Bertz CT molecular complexity index is 1180. The molecule has 8 heteroatoms. The first-order valence-corrected chi connectivity index (χ1v) is 9.66. The molecular weight excluding hydrogens is 386 g/mol. The summed E-state index contributed by atoms with van der Waals surface area (Å²) < 4.78 is 11.4. The summed E-state index contributed by atoms with van der Waals surface area (Å²) in [5, 5.41) is 1.61. The molecule has 3 amide bonds. The van der Waals surface area contributed by atoms with Crippen molar-refractivity contribution in [3.05, 3.63) is 65.4 Å². The average Bonchev–Trinajstić information content (AvgIpc) is 3.35. The predicted octanol–water partition coefficient (Wildman–Crippen LogP) is 2.36. The summed E-state index contributed by atoms with van der Waals surface area (Å²) in [6, 6.07) is 12.3. The second-order valence-electron chi connectivity index (χ2n) is 7.45. The van der Waals surface area contributed by atoms with Gasteiger partial charge < -0.3 is 14.1 Å². The topological polar surface area (TPSA) is 106 Å². The molecule has 0 saturated carbocycles. The number of hydrazine groups is 1. The third-order valence-corrected chi connectivity index (χ3v) is 5.66. The second-order valence-corrected chi connectivity index (χ2v) is 7.45. The van der Waals surface area contributed by atoms with E-state index in [2.05, 4.69) is 0 Å². The SMILES string of the molecule is NN1C(=O)CCC(N2Cc3c(OCc4ccc5occc5c4)cccc3C2=O)C1=O. The Balaban J connectivity index is 1.36. The first kappa shape index (κ1) is 18.4. The summed E-state index contributed by atoms with van der Waals surface area (Å²) in [6.07, 6.45) is 2.04. The van der Waals surface area contributed by atoms with Crippen molar-refractivity contribution in [2.75, 3.05) is 0 Å². The van der Waals surface area contributed by atoms with Gasteiger partial charge in [0.25, 0.3) is 11.8 Å². The Morgan fingerprint density at radius 1 is 1.13 bits per heavy atom. The lowest BCUT2D eigenvalue weighted by atomic mass is 10.0. The minimum absolute atomic E-state index is 0.132. The third-order valence-electron chi connectivity index (χ3n) is 5.66. The van der Waals surface area contributed by atoms with Gasteiger partial charge in [0.1, 0.15) is 24.0 Å². The van der Waals surface area contributed by atoms with E-state index < -0.39 is 17.9 Å². The first-order chi connectivity index (χ1) is 14.5. The molecule has 5 rings (SSSR count). The number of nitrogens with zero attached hydrogens (tertiary/aromatic N) is 2. The Morgan fingerprint density at radius 2 is 2.00 bits per heavy atom. The number of furan rings is 1. The van der Waals surface area contributed by atoms with Crippen LogP contribution in [0.1, 0.15) is 34.3 Å². The maximum atomic E-state index is 12.9. The number of imide groups is 1. The van der Waals surface area contributed by atoms with Gasteiger partial charge >= 0.3 is 0 Å². The maximum Gasteiger partial charge on any atom is 0.266 e. The van der Waals surface area contributed by atoms with Crippen LogP contribution < -0.4 is 10.6 Å². The molecule has 1 fully saturated rings. The van der Waals surface area contributed by atoms with Crippen LogP contribution in [0.4, 0.5) is 0 Å². The second kappa shape index (κ2) is 7.00. The van der Waals surface area contributed by atoms with Crippen molar-refractivity contribution < 1.29 is 23.5 Å². The van der Waals surface area contributed by atoms with E-state index in [1.165, 1.54) is 4.90 Å². The molecule has 2 aliphatic rings. The highest BCUT2D eigenvalue weighted by Gasteiger charge is 2.42. The van der Waals surface area contributed by atoms with E-state index in [0.717, 1.165) is 22.1 Å². The molecule has 2 N–H and O–H groups in total. The van der Waals surface area contributed by atoms with Crippen molar-refractivity contribution in [3.63, 3.8) is 0 Å². The molecule has 3 aromatic rings. The number of carbonyl (C=O) groups excluding carboxylic acids is 3. The lowest BCUT2D eigenvalue weighted by Gasteiger charge is -2.33. The van der Waals surface area contributed by atoms with Crippen LogP contribution >= 0.6 is 0 Å². The molecule has 0 aliphatic carbocycles. The lowest BCUT2D eigenvalue weighted by Crippen LogP contribution is -2.57. The molecule has 0 bridgehead atoms. The summed E-state index contributed by atoms with van der Waals surface area (Å²) in [5.41, 5.74) is 3.03. The van der Waals surface area contributed by atoms with E-state index >= 15 is 0 Å². The summed E-state index contributed by atoms with van der Waals surface area (Å²) in [4.78, 5) is 38.5. The van der Waals surface area contributed by atoms with Crippen LogP contribution in [-0.2, 0) is 22.7 Å². The van der Waals surface area contributed by atoms with Gasteiger partial charge in [0, 0.05) is 22.9 Å². The Hall–Kier alpha value is -3.65. The maximum absolute atomic E-state index is 12.9. The monoisotopic (exact) mass is 405 g/mol. The number of hydrogen-bond acceptors (Lipinski definition) is 6. The molecule has 1 unspecified atom stereocenters. The van der Waals surface area contributed by atoms with Crippen LogP contribution in [0.5, 0.6) is 5.75 Å². The summed E-state index contributed by atoms with van der Waals surface area (Å²) >= 11 is 0. The highest BCUT2D eigenvalue weighted by Crippen LogP contribution is 2.34. The van der Waals surface area contributed by atoms with E-state index in [0.29, 0.717) is 22.9 Å². The zero-order valence-corrected chi connectivity index (χ0v) is 16.0. The summed E-state index contributed by atoms with van der Waals surface area (Å²) in [5.74, 6) is 4.93. The van der Waals surface area contributed by atoms with Gasteiger partial charge in [0.2, 0.25) is 5.91 Å². The summed E-state index contributed by atoms with van der Waals surface area (Å²) in [7, 11) is 0. The van der Waals surface area contributed by atoms with Gasteiger partial charge in [-0.05, 0) is 42.3 Å². The van der Waals surface area contributed by atoms with Crippen LogP contribution in [0.3, 0.4) is 0 Å². The standard InChI is InChI=1S/C22H19N3O5/c23-25-20(26)7-5-17(22(25)28)24-11-16-15(21(24)27)2-1-3-19(16)30-12-13-4-6-18-14(10-13)8-9-29-18/h1-4,6,8-10,17H,5,7,11-12,23H2. The molecule has 1 saturated heterocycles. The molecule has 0 spiro atoms. The van der Waals surface area contributed by atoms with Crippen LogP contribution in [0.2, 0.25) is 0 Å². The molecule has 2 aliphatic heterocycles. The zero-order valence-electron chi connectivity index (χ0n) is 16.0. The number of ether oxygens (including phenoxy) is 1. The number of hydrogen-bond donors (Lipinski definition) is 1. The van der Waals surface area contributed by atoms with Gasteiger partial charge in [-0.1, -0.05) is 12.1 Å². The van der Waals surface area contributed by atoms with Gasteiger partial charge in [0.05, 0.1) is 12.8 Å². The van der Waals surface area contributed by atoms with Crippen LogP contribution in [-0.4, -0.2) is 33.7 Å². The van der Waals surface area contributed by atoms with Gasteiger partial charge in [-0.3, -0.25) is 14.4 Å². The normalized spacial score (nSPS) is 19.0. The quantitative estimate of drug-likeness (QED) is 0.406. The number of nitrogens with two attached hydrogens (primary N) is 1. The number of carbonyl (C=O) groups is 3. The predicted molar refractivity (Wildman–Crippen MR) is 106 cm³/mol. The van der Waals surface area contributed by atoms with Crippen molar-refractivity contribution in [3.8, 4) is 5.75 Å². The first-order valence-electron chi connectivity index (χ1n) is 9.66. The van der Waals surface area contributed by atoms with Crippen LogP contribution in [0.25, 0.3) is 11.0 Å². The number of benzene rings is 2. The van der Waals surface area contributed by atoms with Crippen molar-refractivity contribution in [2.45, 2.75) is 32.0 Å². The van der Waals surface area contributed by atoms with Gasteiger partial charge in [-0.2, -0.15) is 0 Å². The van der Waals surface area contributed by atoms with Crippen molar-refractivity contribution in [1.82, 2.24) is 9.91 Å². The van der Waals surface area contributed by atoms with Crippen LogP contribution in [0.15, 0.2) is 53.1 Å². The lowest BCUT2D eigenvalue weighted by molar-refractivity contribution is -0.152. The third kappa shape index (κ3) is 2.93. The fourth-order valence-corrected chi connectivity index (χ4v) is 4.06. The molecule has 3 heterocycles. The number of fused-ring (bicyclic) bond motifs is 2. The average molecular weight is 405 g/mol.